The lowest BCUT2D eigenvalue weighted by molar-refractivity contribution is -0.149. The Hall–Kier alpha value is -2.24. The van der Waals surface area contributed by atoms with Crippen LogP contribution < -0.4 is 14.4 Å². The van der Waals surface area contributed by atoms with Crippen molar-refractivity contribution in [1.29, 1.82) is 5.26 Å². The summed E-state index contributed by atoms with van der Waals surface area (Å²) in [6, 6.07) is 1.92. The molecule has 2 heterocycles. The maximum absolute atomic E-state index is 12.2. The highest BCUT2D eigenvalue weighted by molar-refractivity contribution is 7.31. The van der Waals surface area contributed by atoms with Crippen molar-refractivity contribution in [3.63, 3.8) is 0 Å². The molecule has 0 aliphatic rings. The molecule has 0 amide bonds. The summed E-state index contributed by atoms with van der Waals surface area (Å²) in [5.74, 6) is 0.728. The number of hydrogen-bond acceptors (Lipinski definition) is 8. The molecule has 0 aromatic carbocycles. The zero-order valence-corrected chi connectivity index (χ0v) is 17.6. The van der Waals surface area contributed by atoms with Crippen molar-refractivity contribution in [2.45, 2.75) is 26.4 Å². The molecular weight excluding hydrogens is 372 g/mol. The van der Waals surface area contributed by atoms with E-state index < -0.39 is 11.6 Å². The molecule has 0 aliphatic carbocycles. The highest BCUT2D eigenvalue weighted by atomic mass is 32.1. The first-order valence-corrected chi connectivity index (χ1v) is 9.46. The number of thiophene rings is 2. The van der Waals surface area contributed by atoms with Crippen molar-refractivity contribution < 1.29 is 19.0 Å². The van der Waals surface area contributed by atoms with Crippen LogP contribution in [0.5, 0.6) is 11.5 Å². The molecular formula is C18H22N2O4S2. The van der Waals surface area contributed by atoms with Gasteiger partial charge in [-0.2, -0.15) is 5.26 Å². The molecule has 2 aromatic rings. The number of nitriles is 1. The smallest absolute Gasteiger partial charge is 0.349 e. The monoisotopic (exact) mass is 394 g/mol. The molecule has 8 heteroatoms. The molecule has 6 nitrogen and oxygen atoms in total. The van der Waals surface area contributed by atoms with Crippen LogP contribution in [0.4, 0.5) is 5.00 Å². The average Bonchev–Trinajstić information content (AvgIpc) is 3.05. The quantitative estimate of drug-likeness (QED) is 0.428. The van der Waals surface area contributed by atoms with Crippen LogP contribution in [0.2, 0.25) is 0 Å². The van der Waals surface area contributed by atoms with Gasteiger partial charge in [-0.05, 0) is 26.8 Å². The summed E-state index contributed by atoms with van der Waals surface area (Å²) < 4.78 is 18.3. The summed E-state index contributed by atoms with van der Waals surface area (Å²) in [7, 11) is 7.08. The van der Waals surface area contributed by atoms with Crippen molar-refractivity contribution >= 4 is 49.1 Å². The fraction of sp³-hybridized carbons (Fsp3) is 0.444. The van der Waals surface area contributed by atoms with E-state index in [1.165, 1.54) is 28.7 Å². The van der Waals surface area contributed by atoms with Crippen molar-refractivity contribution in [2.24, 2.45) is 0 Å². The van der Waals surface area contributed by atoms with Crippen molar-refractivity contribution in [3.8, 4) is 17.6 Å². The summed E-state index contributed by atoms with van der Waals surface area (Å²) in [5, 5.41) is 10.4. The van der Waals surface area contributed by atoms with E-state index in [0.29, 0.717) is 10.6 Å². The highest BCUT2D eigenvalue weighted by Crippen LogP contribution is 2.53. The number of fused-ring (bicyclic) bond motifs is 1. The Morgan fingerprint density at radius 1 is 1.12 bits per heavy atom. The molecule has 0 unspecified atom stereocenters. The second-order valence-corrected chi connectivity index (χ2v) is 8.72. The highest BCUT2D eigenvalue weighted by Gasteiger charge is 2.25. The minimum absolute atomic E-state index is 0.0704. The largest absolute Gasteiger partial charge is 0.494 e. The van der Waals surface area contributed by atoms with E-state index in [4.69, 9.17) is 14.2 Å². The molecule has 0 spiro atoms. The molecule has 0 fully saturated rings. The maximum Gasteiger partial charge on any atom is 0.349 e. The van der Waals surface area contributed by atoms with Crippen LogP contribution >= 0.6 is 22.7 Å². The lowest BCUT2D eigenvalue weighted by Gasteiger charge is -2.18. The number of nitrogens with zero attached hydrogens (tertiary/aromatic N) is 2. The summed E-state index contributed by atoms with van der Waals surface area (Å²) in [6.45, 7) is 5.28. The zero-order valence-electron chi connectivity index (χ0n) is 15.9. The van der Waals surface area contributed by atoms with Gasteiger partial charge in [-0.15, -0.1) is 22.7 Å². The van der Waals surface area contributed by atoms with E-state index in [1.807, 2.05) is 25.1 Å². The topological polar surface area (TPSA) is 71.8 Å². The molecule has 0 N–H and O–H groups in total. The van der Waals surface area contributed by atoms with Gasteiger partial charge in [0, 0.05) is 14.1 Å². The SMILES string of the molecule is COc1c(/C=C(\C#N)C(=O)OC(C)(C)C)sc2c(OC)c(N(C)C)sc12. The van der Waals surface area contributed by atoms with Crippen molar-refractivity contribution in [3.05, 3.63) is 10.5 Å². The number of esters is 1. The third kappa shape index (κ3) is 3.94. The number of rotatable bonds is 5. The molecule has 140 valence electrons. The Bertz CT molecular complexity index is 895. The molecule has 0 aliphatic heterocycles. The van der Waals surface area contributed by atoms with E-state index in [9.17, 15) is 10.1 Å². The van der Waals surface area contributed by atoms with E-state index in [2.05, 4.69) is 0 Å². The third-order valence-corrected chi connectivity index (χ3v) is 5.86. The fourth-order valence-corrected chi connectivity index (χ4v) is 4.90. The van der Waals surface area contributed by atoms with Gasteiger partial charge in [0.1, 0.15) is 22.2 Å². The molecule has 2 aromatic heterocycles. The van der Waals surface area contributed by atoms with E-state index in [1.54, 1.807) is 35.0 Å². The zero-order chi connectivity index (χ0) is 19.6. The van der Waals surface area contributed by atoms with Gasteiger partial charge < -0.3 is 19.1 Å². The first kappa shape index (κ1) is 20.1. The van der Waals surface area contributed by atoms with E-state index in [0.717, 1.165) is 20.2 Å². The first-order chi connectivity index (χ1) is 12.1. The number of hydrogen-bond donors (Lipinski definition) is 0. The molecule has 0 atom stereocenters. The molecule has 0 radical (unpaired) electrons. The average molecular weight is 395 g/mol. The van der Waals surface area contributed by atoms with Crippen LogP contribution in [0.25, 0.3) is 15.5 Å². The minimum atomic E-state index is -0.670. The number of ether oxygens (including phenoxy) is 3. The van der Waals surface area contributed by atoms with E-state index >= 15 is 0 Å². The Morgan fingerprint density at radius 2 is 1.69 bits per heavy atom. The van der Waals surface area contributed by atoms with Gasteiger partial charge in [0.25, 0.3) is 0 Å². The van der Waals surface area contributed by atoms with Crippen molar-refractivity contribution in [1.82, 2.24) is 0 Å². The first-order valence-electron chi connectivity index (χ1n) is 7.82. The second-order valence-electron chi connectivity index (χ2n) is 6.66. The van der Waals surface area contributed by atoms with E-state index in [-0.39, 0.29) is 5.57 Å². The lowest BCUT2D eigenvalue weighted by Crippen LogP contribution is -2.24. The standard InChI is InChI=1S/C18H22N2O4S2/c1-18(2,3)24-17(21)10(9-19)8-11-12(22-6)14-15(25-11)13(23-7)16(26-14)20(4)5/h8H,1-7H3/b10-8+. The fourth-order valence-electron chi connectivity index (χ4n) is 2.26. The molecule has 2 rings (SSSR count). The molecule has 0 bridgehead atoms. The number of carbonyl (C=O) groups is 1. The van der Waals surface area contributed by atoms with Gasteiger partial charge in [0.05, 0.1) is 28.5 Å². The van der Waals surface area contributed by atoms with Crippen LogP contribution in [-0.4, -0.2) is 39.9 Å². The Morgan fingerprint density at radius 3 is 2.15 bits per heavy atom. The Balaban J connectivity index is 2.57. The number of anilines is 1. The van der Waals surface area contributed by atoms with Crippen LogP contribution in [0, 0.1) is 11.3 Å². The molecule has 0 saturated heterocycles. The van der Waals surface area contributed by atoms with Crippen LogP contribution in [0.15, 0.2) is 5.57 Å². The molecule has 26 heavy (non-hydrogen) atoms. The Kier molecular flexibility index (Phi) is 5.84. The van der Waals surface area contributed by atoms with Gasteiger partial charge in [-0.1, -0.05) is 0 Å². The normalized spacial score (nSPS) is 12.0. The predicted octanol–water partition coefficient (Wildman–Crippen LogP) is 4.29. The number of carbonyl (C=O) groups excluding carboxylic acids is 1. The summed E-state index contributed by atoms with van der Waals surface area (Å²) >= 11 is 2.96. The van der Waals surface area contributed by atoms with Crippen LogP contribution in [0.1, 0.15) is 25.6 Å². The summed E-state index contributed by atoms with van der Waals surface area (Å²) in [6.07, 6.45) is 1.51. The maximum atomic E-state index is 12.2. The third-order valence-electron chi connectivity index (χ3n) is 3.28. The summed E-state index contributed by atoms with van der Waals surface area (Å²) in [5.41, 5.74) is -0.740. The lowest BCUT2D eigenvalue weighted by atomic mass is 10.2. The molecule has 0 saturated carbocycles. The number of methoxy groups -OCH3 is 2. The van der Waals surface area contributed by atoms with Crippen molar-refractivity contribution in [2.75, 3.05) is 33.2 Å². The second kappa shape index (κ2) is 7.56. The minimum Gasteiger partial charge on any atom is -0.494 e. The van der Waals surface area contributed by atoms with Crippen LogP contribution in [0.3, 0.4) is 0 Å². The van der Waals surface area contributed by atoms with Gasteiger partial charge >= 0.3 is 5.97 Å². The Labute approximate surface area is 161 Å². The van der Waals surface area contributed by atoms with Gasteiger partial charge in [0.2, 0.25) is 0 Å². The van der Waals surface area contributed by atoms with Gasteiger partial charge in [0.15, 0.2) is 11.5 Å². The summed E-state index contributed by atoms with van der Waals surface area (Å²) in [4.78, 5) is 14.9. The van der Waals surface area contributed by atoms with Gasteiger partial charge in [-0.3, -0.25) is 0 Å². The van der Waals surface area contributed by atoms with Crippen LogP contribution in [-0.2, 0) is 9.53 Å². The van der Waals surface area contributed by atoms with Gasteiger partial charge in [-0.25, -0.2) is 4.79 Å². The predicted molar refractivity (Wildman–Crippen MR) is 107 cm³/mol.